The third kappa shape index (κ3) is 5.00. The number of esters is 1. The average molecular weight is 379 g/mol. The van der Waals surface area contributed by atoms with Gasteiger partial charge in [-0.1, -0.05) is 48.0 Å². The first-order valence-corrected chi connectivity index (χ1v) is 8.83. The first-order valence-electron chi connectivity index (χ1n) is 8.83. The standard InChI is InChI=1S/C20H21N5O3/c1-14-8-9-17(15(2)10-14)22-19(26)12-28-20(27)18(25-13-21-23-24-25)11-16-6-4-3-5-7-16/h3-10,13,18H,11-12H2,1-2H3,(H,22,26)/t18-/m0/s1. The molecule has 8 nitrogen and oxygen atoms in total. The van der Waals surface area contributed by atoms with Gasteiger partial charge in [0.15, 0.2) is 12.6 Å². The summed E-state index contributed by atoms with van der Waals surface area (Å²) >= 11 is 0. The molecule has 0 aliphatic rings. The van der Waals surface area contributed by atoms with Crippen LogP contribution < -0.4 is 5.32 Å². The van der Waals surface area contributed by atoms with E-state index < -0.39 is 17.9 Å². The van der Waals surface area contributed by atoms with Gasteiger partial charge in [0, 0.05) is 12.1 Å². The summed E-state index contributed by atoms with van der Waals surface area (Å²) in [4.78, 5) is 24.8. The molecule has 1 heterocycles. The molecule has 2 aromatic carbocycles. The third-order valence-electron chi connectivity index (χ3n) is 4.23. The van der Waals surface area contributed by atoms with Gasteiger partial charge in [-0.3, -0.25) is 4.79 Å². The summed E-state index contributed by atoms with van der Waals surface area (Å²) < 4.78 is 6.56. The molecule has 1 amide bonds. The number of carbonyl (C=O) groups excluding carboxylic acids is 2. The van der Waals surface area contributed by atoms with E-state index in [0.29, 0.717) is 12.1 Å². The van der Waals surface area contributed by atoms with Crippen LogP contribution in [0.25, 0.3) is 0 Å². The van der Waals surface area contributed by atoms with Crippen molar-refractivity contribution < 1.29 is 14.3 Å². The zero-order chi connectivity index (χ0) is 19.9. The molecular weight excluding hydrogens is 358 g/mol. The lowest BCUT2D eigenvalue weighted by Gasteiger charge is -2.16. The molecule has 0 saturated heterocycles. The number of amides is 1. The van der Waals surface area contributed by atoms with Crippen molar-refractivity contribution in [2.75, 3.05) is 11.9 Å². The number of aryl methyl sites for hydroxylation is 2. The van der Waals surface area contributed by atoms with Crippen LogP contribution in [0.2, 0.25) is 0 Å². The molecule has 0 aliphatic heterocycles. The molecule has 1 aromatic heterocycles. The van der Waals surface area contributed by atoms with Crippen LogP contribution in [0.4, 0.5) is 5.69 Å². The van der Waals surface area contributed by atoms with E-state index >= 15 is 0 Å². The minimum atomic E-state index is -0.758. The molecule has 3 aromatic rings. The highest BCUT2D eigenvalue weighted by Crippen LogP contribution is 2.17. The number of nitrogens with one attached hydrogen (secondary N) is 1. The molecule has 0 bridgehead atoms. The van der Waals surface area contributed by atoms with Crippen molar-refractivity contribution in [2.45, 2.75) is 26.3 Å². The molecule has 0 spiro atoms. The van der Waals surface area contributed by atoms with E-state index in [1.54, 1.807) is 0 Å². The van der Waals surface area contributed by atoms with Crippen molar-refractivity contribution in [3.8, 4) is 0 Å². The summed E-state index contributed by atoms with van der Waals surface area (Å²) in [5, 5.41) is 13.7. The van der Waals surface area contributed by atoms with Crippen LogP contribution in [0.1, 0.15) is 22.7 Å². The first kappa shape index (κ1) is 19.2. The molecule has 28 heavy (non-hydrogen) atoms. The Balaban J connectivity index is 1.62. The van der Waals surface area contributed by atoms with Gasteiger partial charge in [-0.25, -0.2) is 9.48 Å². The van der Waals surface area contributed by atoms with Crippen LogP contribution in [-0.2, 0) is 20.7 Å². The van der Waals surface area contributed by atoms with Crippen LogP contribution in [0.5, 0.6) is 0 Å². The van der Waals surface area contributed by atoms with Gasteiger partial charge < -0.3 is 10.1 Å². The van der Waals surface area contributed by atoms with Gasteiger partial charge in [-0.2, -0.15) is 0 Å². The van der Waals surface area contributed by atoms with Crippen LogP contribution >= 0.6 is 0 Å². The number of anilines is 1. The summed E-state index contributed by atoms with van der Waals surface area (Å²) in [5.41, 5.74) is 3.66. The number of hydrogen-bond donors (Lipinski definition) is 1. The van der Waals surface area contributed by atoms with Crippen molar-refractivity contribution in [1.29, 1.82) is 0 Å². The monoisotopic (exact) mass is 379 g/mol. The maximum atomic E-state index is 12.6. The molecule has 3 rings (SSSR count). The van der Waals surface area contributed by atoms with E-state index in [1.807, 2.05) is 62.4 Å². The molecule has 0 saturated carbocycles. The second kappa shape index (κ2) is 8.90. The van der Waals surface area contributed by atoms with Crippen LogP contribution in [0.3, 0.4) is 0 Å². The summed E-state index contributed by atoms with van der Waals surface area (Å²) in [7, 11) is 0. The van der Waals surface area contributed by atoms with Gasteiger partial charge in [0.25, 0.3) is 5.91 Å². The predicted octanol–water partition coefficient (Wildman–Crippen LogP) is 2.26. The average Bonchev–Trinajstić information content (AvgIpc) is 3.22. The maximum absolute atomic E-state index is 12.6. The Morgan fingerprint density at radius 1 is 1.14 bits per heavy atom. The van der Waals surface area contributed by atoms with Crippen molar-refractivity contribution in [1.82, 2.24) is 20.2 Å². The lowest BCUT2D eigenvalue weighted by Crippen LogP contribution is -2.28. The summed E-state index contributed by atoms with van der Waals surface area (Å²) in [6, 6.07) is 14.4. The fourth-order valence-corrected chi connectivity index (χ4v) is 2.81. The molecule has 1 atom stereocenters. The van der Waals surface area contributed by atoms with E-state index in [9.17, 15) is 9.59 Å². The highest BCUT2D eigenvalue weighted by molar-refractivity contribution is 5.93. The Labute approximate surface area is 162 Å². The SMILES string of the molecule is Cc1ccc(NC(=O)COC(=O)[C@H](Cc2ccccc2)n2cnnn2)c(C)c1. The summed E-state index contributed by atoms with van der Waals surface area (Å²) in [6.07, 6.45) is 1.70. The molecule has 1 N–H and O–H groups in total. The first-order chi connectivity index (χ1) is 13.5. The summed E-state index contributed by atoms with van der Waals surface area (Å²) in [5.74, 6) is -0.984. The number of nitrogens with zero attached hydrogens (tertiary/aromatic N) is 4. The Kier molecular flexibility index (Phi) is 6.11. The Morgan fingerprint density at radius 3 is 2.61 bits per heavy atom. The lowest BCUT2D eigenvalue weighted by molar-refractivity contribution is -0.151. The maximum Gasteiger partial charge on any atom is 0.331 e. The largest absolute Gasteiger partial charge is 0.454 e. The van der Waals surface area contributed by atoms with Gasteiger partial charge in [-0.05, 0) is 41.5 Å². The molecule has 8 heteroatoms. The number of aromatic nitrogens is 4. The molecule has 144 valence electrons. The van der Waals surface area contributed by atoms with E-state index in [2.05, 4.69) is 20.8 Å². The van der Waals surface area contributed by atoms with Crippen LogP contribution in [-0.4, -0.2) is 38.7 Å². The van der Waals surface area contributed by atoms with E-state index in [1.165, 1.54) is 11.0 Å². The van der Waals surface area contributed by atoms with Gasteiger partial charge >= 0.3 is 5.97 Å². The van der Waals surface area contributed by atoms with Crippen molar-refractivity contribution >= 4 is 17.6 Å². The zero-order valence-corrected chi connectivity index (χ0v) is 15.7. The fraction of sp³-hybridized carbons (Fsp3) is 0.250. The molecule has 0 fully saturated rings. The highest BCUT2D eigenvalue weighted by atomic mass is 16.5. The summed E-state index contributed by atoms with van der Waals surface area (Å²) in [6.45, 7) is 3.49. The molecule has 0 aliphatic carbocycles. The fourth-order valence-electron chi connectivity index (χ4n) is 2.81. The highest BCUT2D eigenvalue weighted by Gasteiger charge is 2.24. The van der Waals surface area contributed by atoms with Crippen molar-refractivity contribution in [3.05, 3.63) is 71.5 Å². The second-order valence-corrected chi connectivity index (χ2v) is 6.47. The predicted molar refractivity (Wildman–Crippen MR) is 103 cm³/mol. The number of tetrazole rings is 1. The van der Waals surface area contributed by atoms with Crippen molar-refractivity contribution in [3.63, 3.8) is 0 Å². The molecule has 0 radical (unpaired) electrons. The van der Waals surface area contributed by atoms with Gasteiger partial charge in [-0.15, -0.1) is 5.10 Å². The van der Waals surface area contributed by atoms with E-state index in [-0.39, 0.29) is 6.61 Å². The van der Waals surface area contributed by atoms with Crippen LogP contribution in [0.15, 0.2) is 54.9 Å². The van der Waals surface area contributed by atoms with Crippen LogP contribution in [0, 0.1) is 13.8 Å². The normalized spacial score (nSPS) is 11.6. The quantitative estimate of drug-likeness (QED) is 0.632. The van der Waals surface area contributed by atoms with Gasteiger partial charge in [0.1, 0.15) is 6.33 Å². The minimum absolute atomic E-state index is 0.351. The van der Waals surface area contributed by atoms with Crippen molar-refractivity contribution in [2.24, 2.45) is 0 Å². The smallest absolute Gasteiger partial charge is 0.331 e. The van der Waals surface area contributed by atoms with Gasteiger partial charge in [0.05, 0.1) is 0 Å². The Bertz CT molecular complexity index is 942. The number of rotatable bonds is 7. The Hall–Kier alpha value is -3.55. The minimum Gasteiger partial charge on any atom is -0.454 e. The molecule has 0 unspecified atom stereocenters. The number of hydrogen-bond acceptors (Lipinski definition) is 6. The number of ether oxygens (including phenoxy) is 1. The van der Waals surface area contributed by atoms with E-state index in [4.69, 9.17) is 4.74 Å². The lowest BCUT2D eigenvalue weighted by atomic mass is 10.1. The topological polar surface area (TPSA) is 99.0 Å². The zero-order valence-electron chi connectivity index (χ0n) is 15.7. The Morgan fingerprint density at radius 2 is 1.93 bits per heavy atom. The number of carbonyl (C=O) groups is 2. The number of benzene rings is 2. The second-order valence-electron chi connectivity index (χ2n) is 6.47. The van der Waals surface area contributed by atoms with Gasteiger partial charge in [0.2, 0.25) is 0 Å². The van der Waals surface area contributed by atoms with E-state index in [0.717, 1.165) is 16.7 Å². The molecular formula is C20H21N5O3. The third-order valence-corrected chi connectivity index (χ3v) is 4.23.